The number of furan rings is 1. The molecule has 2 aliphatic rings. The van der Waals surface area contributed by atoms with Crippen molar-refractivity contribution in [2.75, 3.05) is 37.7 Å². The Kier molecular flexibility index (Phi) is 11.6. The predicted molar refractivity (Wildman–Crippen MR) is 161 cm³/mol. The number of carbonyl (C=O) groups is 2. The van der Waals surface area contributed by atoms with Crippen molar-refractivity contribution in [2.24, 2.45) is 10.8 Å². The van der Waals surface area contributed by atoms with E-state index in [-0.39, 0.29) is 37.0 Å². The van der Waals surface area contributed by atoms with Crippen molar-refractivity contribution in [1.82, 2.24) is 9.88 Å². The summed E-state index contributed by atoms with van der Waals surface area (Å²) in [7, 11) is 0. The van der Waals surface area contributed by atoms with Gasteiger partial charge in [0.05, 0.1) is 19.5 Å². The number of anilines is 1. The second-order valence-electron chi connectivity index (χ2n) is 12.8. The fraction of sp³-hybridized carbons (Fsp3) is 0.667. The Morgan fingerprint density at radius 3 is 2.40 bits per heavy atom. The highest BCUT2D eigenvalue weighted by atomic mass is 16.4. The third-order valence-electron chi connectivity index (χ3n) is 9.84. The molecule has 1 aliphatic heterocycles. The average molecular weight is 584 g/mol. The van der Waals surface area contributed by atoms with Gasteiger partial charge in [-0.2, -0.15) is 0 Å². The van der Waals surface area contributed by atoms with Crippen molar-refractivity contribution in [2.45, 2.75) is 96.4 Å². The smallest absolute Gasteiger partial charge is 0.303 e. The number of aliphatic carboxylic acids is 1. The number of aliphatic hydroxyl groups excluding tert-OH is 2. The molecule has 2 fully saturated rings. The van der Waals surface area contributed by atoms with Gasteiger partial charge in [0.2, 0.25) is 0 Å². The Labute approximate surface area is 249 Å². The molecule has 1 saturated heterocycles. The Morgan fingerprint density at radius 1 is 1.07 bits per heavy atom. The van der Waals surface area contributed by atoms with Crippen molar-refractivity contribution in [1.29, 1.82) is 0 Å². The van der Waals surface area contributed by atoms with Crippen LogP contribution in [0.25, 0.3) is 0 Å². The van der Waals surface area contributed by atoms with Crippen LogP contribution in [0.3, 0.4) is 0 Å². The highest BCUT2D eigenvalue weighted by molar-refractivity contribution is 6.04. The van der Waals surface area contributed by atoms with E-state index in [0.717, 1.165) is 70.1 Å². The molecule has 42 heavy (non-hydrogen) atoms. The first kappa shape index (κ1) is 32.2. The molecule has 0 spiro atoms. The van der Waals surface area contributed by atoms with E-state index >= 15 is 0 Å². The van der Waals surface area contributed by atoms with Crippen LogP contribution in [0.2, 0.25) is 0 Å². The number of carbonyl (C=O) groups excluding carboxylic acids is 1. The third kappa shape index (κ3) is 8.42. The molecule has 0 bridgehead atoms. The fourth-order valence-corrected chi connectivity index (χ4v) is 6.94. The maximum absolute atomic E-state index is 13.5. The lowest BCUT2D eigenvalue weighted by Crippen LogP contribution is -2.48. The first-order valence-electron chi connectivity index (χ1n) is 15.7. The van der Waals surface area contributed by atoms with E-state index < -0.39 is 11.4 Å². The monoisotopic (exact) mass is 583 g/mol. The molecule has 9 nitrogen and oxygen atoms in total. The molecule has 2 aromatic rings. The van der Waals surface area contributed by atoms with Gasteiger partial charge in [0.25, 0.3) is 5.91 Å². The zero-order valence-electron chi connectivity index (χ0n) is 25.2. The van der Waals surface area contributed by atoms with Gasteiger partial charge in [-0.1, -0.05) is 25.3 Å². The summed E-state index contributed by atoms with van der Waals surface area (Å²) >= 11 is 0. The zero-order valence-corrected chi connectivity index (χ0v) is 25.2. The molecule has 0 radical (unpaired) electrons. The third-order valence-corrected chi connectivity index (χ3v) is 9.84. The van der Waals surface area contributed by atoms with Gasteiger partial charge < -0.3 is 24.6 Å². The molecule has 3 heterocycles. The average Bonchev–Trinajstić information content (AvgIpc) is 3.56. The number of pyridine rings is 1. The van der Waals surface area contributed by atoms with Gasteiger partial charge >= 0.3 is 5.97 Å². The van der Waals surface area contributed by atoms with Gasteiger partial charge in [-0.25, -0.2) is 4.98 Å². The number of piperidine rings is 1. The Balaban J connectivity index is 1.36. The van der Waals surface area contributed by atoms with Crippen LogP contribution in [-0.2, 0) is 4.79 Å². The molecule has 0 aromatic carbocycles. The number of hydrogen-bond acceptors (Lipinski definition) is 7. The number of nitrogens with zero attached hydrogens (tertiary/aromatic N) is 3. The molecule has 1 amide bonds. The Bertz CT molecular complexity index is 1100. The number of aromatic nitrogens is 1. The van der Waals surface area contributed by atoms with E-state index in [4.69, 9.17) is 9.52 Å². The second-order valence-corrected chi connectivity index (χ2v) is 12.8. The number of hydrogen-bond donors (Lipinski definition) is 3. The van der Waals surface area contributed by atoms with Gasteiger partial charge in [-0.05, 0) is 100 Å². The number of carboxylic acids is 1. The van der Waals surface area contributed by atoms with Gasteiger partial charge in [0.15, 0.2) is 5.76 Å². The molecule has 0 unspecified atom stereocenters. The SMILES string of the molecule is Cc1ccc(N(C(=O)c2ccco2)C2CCN(CCC3(CCC(CO)(CO)CCCC(=O)O)CCCCC3)CC2)nc1. The number of carboxylic acid groups (broad SMARTS) is 1. The summed E-state index contributed by atoms with van der Waals surface area (Å²) in [5.74, 6) is -0.0171. The van der Waals surface area contributed by atoms with Crippen LogP contribution in [0.5, 0.6) is 0 Å². The minimum Gasteiger partial charge on any atom is -0.481 e. The summed E-state index contributed by atoms with van der Waals surface area (Å²) in [6.07, 6.45) is 14.8. The molecular formula is C33H49N3O6. The van der Waals surface area contributed by atoms with Gasteiger partial charge in [0, 0.05) is 37.2 Å². The summed E-state index contributed by atoms with van der Waals surface area (Å²) in [6.45, 7) is 4.56. The van der Waals surface area contributed by atoms with E-state index in [1.807, 2.05) is 24.0 Å². The summed E-state index contributed by atoms with van der Waals surface area (Å²) < 4.78 is 5.46. The summed E-state index contributed by atoms with van der Waals surface area (Å²) in [5, 5.41) is 29.5. The lowest BCUT2D eigenvalue weighted by Gasteiger charge is -2.43. The molecule has 232 valence electrons. The maximum Gasteiger partial charge on any atom is 0.303 e. The van der Waals surface area contributed by atoms with Crippen molar-refractivity contribution in [3.63, 3.8) is 0 Å². The van der Waals surface area contributed by atoms with E-state index in [0.29, 0.717) is 24.4 Å². The standard InChI is InChI=1S/C33H49N3O6/c1-26-9-10-29(34-23-26)36(31(41)28-7-6-22-42-28)27-11-19-35(20-12-27)21-18-32(13-3-2-4-14-32)16-17-33(24-37,25-38)15-5-8-30(39)40/h6-7,9-10,22-23,27,37-38H,2-5,8,11-21,24-25H2,1H3,(H,39,40). The molecule has 1 saturated carbocycles. The number of aryl methyl sites for hydroxylation is 1. The predicted octanol–water partition coefficient (Wildman–Crippen LogP) is 5.44. The summed E-state index contributed by atoms with van der Waals surface area (Å²) in [5.41, 5.74) is 0.614. The van der Waals surface area contributed by atoms with Crippen molar-refractivity contribution in [3.8, 4) is 0 Å². The van der Waals surface area contributed by atoms with E-state index in [2.05, 4.69) is 9.88 Å². The largest absolute Gasteiger partial charge is 0.481 e. The number of likely N-dealkylation sites (tertiary alicyclic amines) is 1. The van der Waals surface area contributed by atoms with E-state index in [1.165, 1.54) is 25.5 Å². The molecule has 1 aliphatic carbocycles. The molecule has 2 aromatic heterocycles. The number of aliphatic hydroxyl groups is 2. The van der Waals surface area contributed by atoms with E-state index in [1.54, 1.807) is 18.3 Å². The van der Waals surface area contributed by atoms with Crippen molar-refractivity contribution in [3.05, 3.63) is 48.0 Å². The van der Waals surface area contributed by atoms with Gasteiger partial charge in [0.1, 0.15) is 5.82 Å². The molecule has 4 rings (SSSR count). The van der Waals surface area contributed by atoms with Crippen molar-refractivity contribution >= 4 is 17.7 Å². The highest BCUT2D eigenvalue weighted by Gasteiger charge is 2.38. The van der Waals surface area contributed by atoms with Crippen LogP contribution in [-0.4, -0.2) is 76.0 Å². The number of amides is 1. The first-order chi connectivity index (χ1) is 20.3. The minimum atomic E-state index is -0.837. The summed E-state index contributed by atoms with van der Waals surface area (Å²) in [6, 6.07) is 7.38. The number of rotatable bonds is 15. The topological polar surface area (TPSA) is 127 Å². The van der Waals surface area contributed by atoms with E-state index in [9.17, 15) is 19.8 Å². The Hall–Kier alpha value is -2.75. The van der Waals surface area contributed by atoms with Crippen LogP contribution in [0, 0.1) is 17.8 Å². The minimum absolute atomic E-state index is 0.0400. The lowest BCUT2D eigenvalue weighted by atomic mass is 9.65. The van der Waals surface area contributed by atoms with Crippen LogP contribution >= 0.6 is 0 Å². The maximum atomic E-state index is 13.5. The van der Waals surface area contributed by atoms with Gasteiger partial charge in [-0.3, -0.25) is 14.5 Å². The molecule has 9 heteroatoms. The second kappa shape index (κ2) is 15.1. The highest BCUT2D eigenvalue weighted by Crippen LogP contribution is 2.46. The van der Waals surface area contributed by atoms with Crippen LogP contribution in [0.15, 0.2) is 41.1 Å². The summed E-state index contributed by atoms with van der Waals surface area (Å²) in [4.78, 5) is 33.4. The first-order valence-corrected chi connectivity index (χ1v) is 15.7. The van der Waals surface area contributed by atoms with Gasteiger partial charge in [-0.15, -0.1) is 0 Å². The Morgan fingerprint density at radius 2 is 1.81 bits per heavy atom. The lowest BCUT2D eigenvalue weighted by molar-refractivity contribution is -0.137. The zero-order chi connectivity index (χ0) is 30.0. The van der Waals surface area contributed by atoms with Crippen LogP contribution in [0.4, 0.5) is 5.82 Å². The quantitative estimate of drug-likeness (QED) is 0.253. The van der Waals surface area contributed by atoms with Crippen molar-refractivity contribution < 1.29 is 29.3 Å². The molecule has 0 atom stereocenters. The molecular weight excluding hydrogens is 534 g/mol. The van der Waals surface area contributed by atoms with Crippen LogP contribution in [0.1, 0.15) is 99.6 Å². The van der Waals surface area contributed by atoms with Crippen LogP contribution < -0.4 is 4.90 Å². The fourth-order valence-electron chi connectivity index (χ4n) is 6.94. The molecule has 3 N–H and O–H groups in total. The normalized spacial score (nSPS) is 18.2.